The average molecular weight is 469 g/mol. The highest BCUT2D eigenvalue weighted by molar-refractivity contribution is 6.22. The maximum absolute atomic E-state index is 13.3. The maximum Gasteiger partial charge on any atom is 0.336 e. The number of hydrogen-bond donors (Lipinski definition) is 0. The van der Waals surface area contributed by atoms with Crippen molar-refractivity contribution in [3.63, 3.8) is 0 Å². The molecule has 0 N–H and O–H groups in total. The minimum atomic E-state index is -1.08. The molecule has 0 spiro atoms. The number of imide groups is 1. The summed E-state index contributed by atoms with van der Waals surface area (Å²) in [5, 5.41) is 2.49. The summed E-state index contributed by atoms with van der Waals surface area (Å²) in [6.45, 7) is 3.60. The van der Waals surface area contributed by atoms with Crippen molar-refractivity contribution in [1.82, 2.24) is 4.90 Å². The summed E-state index contributed by atoms with van der Waals surface area (Å²) in [4.78, 5) is 52.5. The third-order valence-electron chi connectivity index (χ3n) is 6.19. The summed E-state index contributed by atoms with van der Waals surface area (Å²) in [6.07, 6.45) is 0.255. The van der Waals surface area contributed by atoms with E-state index >= 15 is 0 Å². The van der Waals surface area contributed by atoms with Crippen LogP contribution in [0.2, 0.25) is 0 Å². The normalized spacial score (nSPS) is 14.1. The van der Waals surface area contributed by atoms with Crippen LogP contribution in [0.5, 0.6) is 0 Å². The van der Waals surface area contributed by atoms with Crippen LogP contribution in [0, 0.1) is 5.92 Å². The minimum absolute atomic E-state index is 0.0189. The molecule has 1 aliphatic heterocycles. The zero-order chi connectivity index (χ0) is 24.7. The lowest BCUT2D eigenvalue weighted by Gasteiger charge is -2.26. The summed E-state index contributed by atoms with van der Waals surface area (Å²) in [5.41, 5.74) is 0.876. The number of ether oxygens (including phenoxy) is 1. The van der Waals surface area contributed by atoms with Gasteiger partial charge in [0.05, 0.1) is 11.1 Å². The lowest BCUT2D eigenvalue weighted by atomic mass is 10.0. The van der Waals surface area contributed by atoms with Gasteiger partial charge in [0, 0.05) is 17.0 Å². The van der Waals surface area contributed by atoms with E-state index in [1.165, 1.54) is 6.07 Å². The van der Waals surface area contributed by atoms with Crippen LogP contribution < -0.4 is 5.63 Å². The first-order chi connectivity index (χ1) is 16.8. The fourth-order valence-electron chi connectivity index (χ4n) is 4.62. The number of carbonyl (C=O) groups is 3. The van der Waals surface area contributed by atoms with E-state index in [4.69, 9.17) is 9.15 Å². The Morgan fingerprint density at radius 1 is 0.914 bits per heavy atom. The van der Waals surface area contributed by atoms with Crippen molar-refractivity contribution in [1.29, 1.82) is 0 Å². The number of benzene rings is 3. The number of amides is 2. The predicted octanol–water partition coefficient (Wildman–Crippen LogP) is 4.70. The van der Waals surface area contributed by atoms with Gasteiger partial charge in [0.1, 0.15) is 18.2 Å². The summed E-state index contributed by atoms with van der Waals surface area (Å²) < 4.78 is 11.0. The van der Waals surface area contributed by atoms with Crippen molar-refractivity contribution in [2.45, 2.75) is 32.9 Å². The Bertz CT molecular complexity index is 1520. The van der Waals surface area contributed by atoms with Gasteiger partial charge in [-0.25, -0.2) is 9.59 Å². The smallest absolute Gasteiger partial charge is 0.336 e. The molecule has 1 unspecified atom stereocenters. The molecule has 35 heavy (non-hydrogen) atoms. The molecule has 1 aliphatic rings. The van der Waals surface area contributed by atoms with E-state index < -0.39 is 29.5 Å². The van der Waals surface area contributed by atoms with Crippen LogP contribution in [0.25, 0.3) is 21.7 Å². The quantitative estimate of drug-likeness (QED) is 0.176. The second kappa shape index (κ2) is 8.83. The van der Waals surface area contributed by atoms with E-state index in [2.05, 4.69) is 0 Å². The molecule has 2 amide bonds. The molecule has 3 aromatic carbocycles. The average Bonchev–Trinajstić information content (AvgIpc) is 3.10. The highest BCUT2D eigenvalue weighted by atomic mass is 16.5. The SMILES string of the molecule is CC(C)CC(C(=O)OCc1cc(=O)oc2ccc3ccccc3c12)N1C(=O)c2ccccc2C1=O. The zero-order valence-electron chi connectivity index (χ0n) is 19.3. The van der Waals surface area contributed by atoms with Crippen LogP contribution in [0.15, 0.2) is 75.9 Å². The number of carbonyl (C=O) groups excluding carboxylic acids is 3. The molecule has 1 aromatic heterocycles. The molecule has 1 atom stereocenters. The van der Waals surface area contributed by atoms with Crippen LogP contribution >= 0.6 is 0 Å². The lowest BCUT2D eigenvalue weighted by Crippen LogP contribution is -2.46. The Hall–Kier alpha value is -4.26. The molecule has 0 radical (unpaired) electrons. The van der Waals surface area contributed by atoms with Crippen molar-refractivity contribution in [3.05, 3.63) is 93.8 Å². The molecule has 2 heterocycles. The molecule has 7 heteroatoms. The second-order valence-corrected chi connectivity index (χ2v) is 9.03. The van der Waals surface area contributed by atoms with Crippen LogP contribution in [-0.2, 0) is 16.1 Å². The largest absolute Gasteiger partial charge is 0.459 e. The molecule has 0 saturated carbocycles. The van der Waals surface area contributed by atoms with Gasteiger partial charge in [0.2, 0.25) is 0 Å². The van der Waals surface area contributed by atoms with E-state index in [9.17, 15) is 19.2 Å². The molecule has 4 aromatic rings. The lowest BCUT2D eigenvalue weighted by molar-refractivity contribution is -0.150. The summed E-state index contributed by atoms with van der Waals surface area (Å²) >= 11 is 0. The Morgan fingerprint density at radius 3 is 2.26 bits per heavy atom. The summed E-state index contributed by atoms with van der Waals surface area (Å²) in [7, 11) is 0. The third-order valence-corrected chi connectivity index (χ3v) is 6.19. The zero-order valence-corrected chi connectivity index (χ0v) is 19.3. The van der Waals surface area contributed by atoms with Gasteiger partial charge in [-0.05, 0) is 41.3 Å². The standard InChI is InChI=1S/C28H23NO6/c1-16(2)13-22(29-26(31)20-9-5-6-10-21(20)27(29)32)28(33)34-15-18-14-24(30)35-23-12-11-17-7-3-4-8-19(17)25(18)23/h3-12,14,16,22H,13,15H2,1-2H3. The number of fused-ring (bicyclic) bond motifs is 4. The van der Waals surface area contributed by atoms with Gasteiger partial charge in [-0.15, -0.1) is 0 Å². The van der Waals surface area contributed by atoms with Crippen LogP contribution in [0.1, 0.15) is 46.5 Å². The molecule has 0 saturated heterocycles. The highest BCUT2D eigenvalue weighted by Gasteiger charge is 2.43. The maximum atomic E-state index is 13.3. The van der Waals surface area contributed by atoms with Gasteiger partial charge in [0.15, 0.2) is 0 Å². The van der Waals surface area contributed by atoms with Gasteiger partial charge in [-0.1, -0.05) is 56.3 Å². The number of nitrogens with zero attached hydrogens (tertiary/aromatic N) is 1. The van der Waals surface area contributed by atoms with Crippen LogP contribution in [0.4, 0.5) is 0 Å². The van der Waals surface area contributed by atoms with Crippen LogP contribution in [-0.4, -0.2) is 28.7 Å². The first-order valence-corrected chi connectivity index (χ1v) is 11.4. The van der Waals surface area contributed by atoms with Crippen LogP contribution in [0.3, 0.4) is 0 Å². The van der Waals surface area contributed by atoms with E-state index in [0.717, 1.165) is 15.7 Å². The van der Waals surface area contributed by atoms with Crippen molar-refractivity contribution >= 4 is 39.5 Å². The summed E-state index contributed by atoms with van der Waals surface area (Å²) in [5.74, 6) is -1.70. The van der Waals surface area contributed by atoms with Crippen molar-refractivity contribution in [2.24, 2.45) is 5.92 Å². The van der Waals surface area contributed by atoms with E-state index in [1.54, 1.807) is 30.3 Å². The molecular weight excluding hydrogens is 446 g/mol. The van der Waals surface area contributed by atoms with Gasteiger partial charge in [-0.3, -0.25) is 14.5 Å². The molecule has 0 aliphatic carbocycles. The number of hydrogen-bond acceptors (Lipinski definition) is 6. The first-order valence-electron chi connectivity index (χ1n) is 11.4. The monoisotopic (exact) mass is 469 g/mol. The fourth-order valence-corrected chi connectivity index (χ4v) is 4.62. The number of rotatable bonds is 6. The van der Waals surface area contributed by atoms with Gasteiger partial charge in [0.25, 0.3) is 11.8 Å². The molecule has 7 nitrogen and oxygen atoms in total. The molecule has 0 fully saturated rings. The van der Waals surface area contributed by atoms with E-state index in [0.29, 0.717) is 16.5 Å². The van der Waals surface area contributed by atoms with Gasteiger partial charge < -0.3 is 9.15 Å². The first kappa shape index (κ1) is 22.5. The van der Waals surface area contributed by atoms with Crippen molar-refractivity contribution in [2.75, 3.05) is 0 Å². The second-order valence-electron chi connectivity index (χ2n) is 9.03. The summed E-state index contributed by atoms with van der Waals surface area (Å²) in [6, 6.07) is 17.9. The Balaban J connectivity index is 1.48. The molecule has 176 valence electrons. The van der Waals surface area contributed by atoms with Gasteiger partial charge in [-0.2, -0.15) is 0 Å². The van der Waals surface area contributed by atoms with Gasteiger partial charge >= 0.3 is 11.6 Å². The van der Waals surface area contributed by atoms with Crippen molar-refractivity contribution < 1.29 is 23.5 Å². The highest BCUT2D eigenvalue weighted by Crippen LogP contribution is 2.30. The molecular formula is C28H23NO6. The van der Waals surface area contributed by atoms with E-state index in [-0.39, 0.29) is 30.1 Å². The molecule has 0 bridgehead atoms. The Labute approximate surface area is 200 Å². The predicted molar refractivity (Wildman–Crippen MR) is 130 cm³/mol. The van der Waals surface area contributed by atoms with Crippen molar-refractivity contribution in [3.8, 4) is 0 Å². The topological polar surface area (TPSA) is 93.9 Å². The third kappa shape index (κ3) is 3.99. The molecule has 5 rings (SSSR count). The Morgan fingerprint density at radius 2 is 1.57 bits per heavy atom. The minimum Gasteiger partial charge on any atom is -0.459 e. The Kier molecular flexibility index (Phi) is 5.68. The van der Waals surface area contributed by atoms with E-state index in [1.807, 2.05) is 44.2 Å². The number of esters is 1. The fraction of sp³-hybridized carbons (Fsp3) is 0.214.